The molecule has 31 heavy (non-hydrogen) atoms. The van der Waals surface area contributed by atoms with Crippen molar-refractivity contribution in [1.29, 1.82) is 0 Å². The van der Waals surface area contributed by atoms with E-state index in [-0.39, 0.29) is 0 Å². The van der Waals surface area contributed by atoms with E-state index in [9.17, 15) is 13.0 Å². The summed E-state index contributed by atoms with van der Waals surface area (Å²) in [5.41, 5.74) is 0. The SMILES string of the molecule is CCCCCCCCCCCCCCCCCC1=[N+](C)CCN1CC.COS(=O)(=O)[O-]. The highest BCUT2D eigenvalue weighted by Crippen LogP contribution is 2.14. The van der Waals surface area contributed by atoms with Crippen molar-refractivity contribution >= 4 is 16.2 Å². The number of rotatable bonds is 18. The van der Waals surface area contributed by atoms with E-state index in [1.165, 1.54) is 122 Å². The van der Waals surface area contributed by atoms with Gasteiger partial charge in [0.2, 0.25) is 16.2 Å². The lowest BCUT2D eigenvalue weighted by Gasteiger charge is -2.10. The van der Waals surface area contributed by atoms with E-state index in [0.717, 1.165) is 7.11 Å². The zero-order valence-corrected chi connectivity index (χ0v) is 21.7. The van der Waals surface area contributed by atoms with Gasteiger partial charge < -0.3 is 4.55 Å². The fourth-order valence-corrected chi connectivity index (χ4v) is 4.11. The summed E-state index contributed by atoms with van der Waals surface area (Å²) in [7, 11) is -1.34. The predicted octanol–water partition coefficient (Wildman–Crippen LogP) is 5.72. The van der Waals surface area contributed by atoms with Gasteiger partial charge in [-0.05, 0) is 13.3 Å². The third-order valence-corrected chi connectivity index (χ3v) is 6.51. The maximum Gasteiger partial charge on any atom is 0.246 e. The molecule has 0 aromatic heterocycles. The van der Waals surface area contributed by atoms with E-state index in [1.54, 1.807) is 5.84 Å². The minimum atomic E-state index is -4.41. The number of nitrogens with zero attached hydrogens (tertiary/aromatic N) is 2. The third-order valence-electron chi connectivity index (χ3n) is 6.10. The van der Waals surface area contributed by atoms with Crippen LogP contribution in [0.2, 0.25) is 0 Å². The second kappa shape index (κ2) is 20.0. The Morgan fingerprint density at radius 1 is 0.839 bits per heavy atom. The number of unbranched alkanes of at least 4 members (excludes halogenated alkanes) is 14. The second-order valence-corrected chi connectivity index (χ2v) is 9.84. The standard InChI is InChI=1S/C23H47N2.CH4O4S/c1-4-6-7-8-9-10-11-12-13-14-15-16-17-18-19-20-23-24(3)21-22-25(23)5-2;1-5-6(2,3)4/h4-22H2,1-3H3;1H3,(H,2,3,4)/q+1;/p-1. The molecule has 0 saturated carbocycles. The van der Waals surface area contributed by atoms with E-state index < -0.39 is 10.4 Å². The maximum absolute atomic E-state index is 9.22. The van der Waals surface area contributed by atoms with Crippen molar-refractivity contribution < 1.29 is 21.7 Å². The monoisotopic (exact) mass is 462 g/mol. The molecule has 0 N–H and O–H groups in total. The van der Waals surface area contributed by atoms with Gasteiger partial charge >= 0.3 is 0 Å². The fraction of sp³-hybridized carbons (Fsp3) is 0.958. The Kier molecular flexibility index (Phi) is 19.6. The van der Waals surface area contributed by atoms with Gasteiger partial charge in [-0.1, -0.05) is 96.8 Å². The lowest BCUT2D eigenvalue weighted by Crippen LogP contribution is -2.28. The summed E-state index contributed by atoms with van der Waals surface area (Å²) in [5.74, 6) is 1.59. The van der Waals surface area contributed by atoms with Gasteiger partial charge in [0.25, 0.3) is 0 Å². The molecule has 0 radical (unpaired) electrons. The average Bonchev–Trinajstić information content (AvgIpc) is 3.10. The summed E-state index contributed by atoms with van der Waals surface area (Å²) in [6.07, 6.45) is 23.1. The minimum Gasteiger partial charge on any atom is -0.726 e. The van der Waals surface area contributed by atoms with Crippen molar-refractivity contribution in [3.8, 4) is 0 Å². The molecule has 1 heterocycles. The first-order valence-electron chi connectivity index (χ1n) is 12.7. The molecule has 0 saturated heterocycles. The molecule has 1 aliphatic heterocycles. The molecule has 0 amide bonds. The third kappa shape index (κ3) is 18.6. The van der Waals surface area contributed by atoms with E-state index in [0.29, 0.717) is 0 Å². The van der Waals surface area contributed by atoms with Gasteiger partial charge in [0, 0.05) is 6.42 Å². The largest absolute Gasteiger partial charge is 0.726 e. The van der Waals surface area contributed by atoms with Gasteiger partial charge in [0.1, 0.15) is 13.1 Å². The Bertz CT molecular complexity index is 550. The lowest BCUT2D eigenvalue weighted by molar-refractivity contribution is -0.487. The molecule has 7 heteroatoms. The van der Waals surface area contributed by atoms with Crippen LogP contribution in [0.15, 0.2) is 0 Å². The van der Waals surface area contributed by atoms with Crippen molar-refractivity contribution in [1.82, 2.24) is 4.90 Å². The molecular weight excluding hydrogens is 412 g/mol. The molecular formula is C24H50N2O4S. The van der Waals surface area contributed by atoms with Gasteiger partial charge in [0.05, 0.1) is 20.7 Å². The maximum atomic E-state index is 9.22. The van der Waals surface area contributed by atoms with Gasteiger partial charge in [-0.25, -0.2) is 8.42 Å². The molecule has 0 aromatic carbocycles. The predicted molar refractivity (Wildman–Crippen MR) is 130 cm³/mol. The van der Waals surface area contributed by atoms with Crippen molar-refractivity contribution in [2.45, 2.75) is 117 Å². The van der Waals surface area contributed by atoms with Crippen LogP contribution in [0.5, 0.6) is 0 Å². The van der Waals surface area contributed by atoms with Gasteiger partial charge in [-0.2, -0.15) is 0 Å². The van der Waals surface area contributed by atoms with Crippen molar-refractivity contribution in [3.05, 3.63) is 0 Å². The molecule has 0 spiro atoms. The zero-order chi connectivity index (χ0) is 23.4. The van der Waals surface area contributed by atoms with Crippen LogP contribution in [0.4, 0.5) is 0 Å². The van der Waals surface area contributed by atoms with E-state index in [2.05, 4.69) is 34.6 Å². The van der Waals surface area contributed by atoms with Crippen molar-refractivity contribution in [3.63, 3.8) is 0 Å². The van der Waals surface area contributed by atoms with Gasteiger partial charge in [0.15, 0.2) is 0 Å². The summed E-state index contributed by atoms with van der Waals surface area (Å²) in [5, 5.41) is 0. The normalized spacial score (nSPS) is 14.2. The molecule has 0 unspecified atom stereocenters. The lowest BCUT2D eigenvalue weighted by atomic mass is 10.0. The Morgan fingerprint density at radius 2 is 1.23 bits per heavy atom. The Balaban J connectivity index is 0.00000131. The van der Waals surface area contributed by atoms with Gasteiger partial charge in [-0.15, -0.1) is 0 Å². The summed E-state index contributed by atoms with van der Waals surface area (Å²) >= 11 is 0. The van der Waals surface area contributed by atoms with Crippen LogP contribution in [-0.4, -0.2) is 62.1 Å². The van der Waals surface area contributed by atoms with Crippen molar-refractivity contribution in [2.24, 2.45) is 0 Å². The van der Waals surface area contributed by atoms with Crippen LogP contribution in [0.1, 0.15) is 117 Å². The first kappa shape index (κ1) is 30.3. The summed E-state index contributed by atoms with van der Waals surface area (Å²) in [6.45, 7) is 8.22. The smallest absolute Gasteiger partial charge is 0.246 e. The topological polar surface area (TPSA) is 72.7 Å². The number of hydrogen-bond acceptors (Lipinski definition) is 5. The second-order valence-electron chi connectivity index (χ2n) is 8.69. The highest BCUT2D eigenvalue weighted by Gasteiger charge is 2.25. The number of likely N-dealkylation sites (N-methyl/N-ethyl adjacent to an activating group) is 2. The molecule has 0 fully saturated rings. The molecule has 186 valence electrons. The van der Waals surface area contributed by atoms with Crippen LogP contribution in [0.3, 0.4) is 0 Å². The first-order valence-corrected chi connectivity index (χ1v) is 14.0. The summed E-state index contributed by atoms with van der Waals surface area (Å²) < 4.78 is 33.5. The highest BCUT2D eigenvalue weighted by atomic mass is 32.3. The summed E-state index contributed by atoms with van der Waals surface area (Å²) in [4.78, 5) is 2.56. The van der Waals surface area contributed by atoms with Crippen molar-refractivity contribution in [2.75, 3.05) is 33.8 Å². The molecule has 0 atom stereocenters. The molecule has 0 aliphatic carbocycles. The Hall–Kier alpha value is -0.660. The zero-order valence-electron chi connectivity index (χ0n) is 20.9. The number of amidine groups is 1. The first-order chi connectivity index (χ1) is 14.9. The van der Waals surface area contributed by atoms with Gasteiger partial charge in [-0.3, -0.25) is 13.7 Å². The molecule has 0 aromatic rings. The minimum absolute atomic E-state index is 0.808. The summed E-state index contributed by atoms with van der Waals surface area (Å²) in [6, 6.07) is 0. The fourth-order valence-electron chi connectivity index (χ4n) is 4.11. The van der Waals surface area contributed by atoms with Crippen LogP contribution in [0.25, 0.3) is 0 Å². The molecule has 0 bridgehead atoms. The molecule has 1 rings (SSSR count). The average molecular weight is 463 g/mol. The van der Waals surface area contributed by atoms with Crippen LogP contribution >= 0.6 is 0 Å². The van der Waals surface area contributed by atoms with E-state index >= 15 is 0 Å². The van der Waals surface area contributed by atoms with E-state index in [4.69, 9.17) is 0 Å². The highest BCUT2D eigenvalue weighted by molar-refractivity contribution is 7.80. The molecule has 1 aliphatic rings. The van der Waals surface area contributed by atoms with Crippen LogP contribution in [-0.2, 0) is 14.6 Å². The Labute approximate surface area is 193 Å². The molecule has 6 nitrogen and oxygen atoms in total. The quantitative estimate of drug-likeness (QED) is 0.113. The van der Waals surface area contributed by atoms with E-state index in [1.807, 2.05) is 0 Å². The van der Waals surface area contributed by atoms with Crippen LogP contribution < -0.4 is 0 Å². The van der Waals surface area contributed by atoms with Crippen LogP contribution in [0, 0.1) is 0 Å². The Morgan fingerprint density at radius 3 is 1.58 bits per heavy atom. The number of hydrogen-bond donors (Lipinski definition) is 0.